The number of carbonyl (C=O) groups is 1. The van der Waals surface area contributed by atoms with Gasteiger partial charge in [0.05, 0.1) is 12.6 Å². The van der Waals surface area contributed by atoms with Gasteiger partial charge < -0.3 is 9.84 Å². The third-order valence-corrected chi connectivity index (χ3v) is 6.54. The Hall–Kier alpha value is -2.99. The van der Waals surface area contributed by atoms with Gasteiger partial charge in [0, 0.05) is 11.5 Å². The van der Waals surface area contributed by atoms with E-state index in [1.807, 2.05) is 24.3 Å². The van der Waals surface area contributed by atoms with Crippen molar-refractivity contribution < 1.29 is 9.32 Å². The van der Waals surface area contributed by atoms with Crippen LogP contribution in [0.3, 0.4) is 0 Å². The summed E-state index contributed by atoms with van der Waals surface area (Å²) >= 11 is 0. The molecule has 0 saturated carbocycles. The van der Waals surface area contributed by atoms with E-state index in [1.54, 1.807) is 0 Å². The van der Waals surface area contributed by atoms with Crippen molar-refractivity contribution in [1.29, 1.82) is 0 Å². The third kappa shape index (κ3) is 4.39. The standard InChI is InChI=1S/C25H28N4O2/c1-17-6-8-20(9-7-17)25-27-23(28-31-25)16-29-14-12-19(13-15-29)24(30)26-22-11-10-18-4-2-3-5-21(18)22/h2-9,19,22H,10-16H2,1H3,(H,26,30)/t22-/m0/s1. The number of rotatable bonds is 5. The molecule has 6 nitrogen and oxygen atoms in total. The van der Waals surface area contributed by atoms with Crippen molar-refractivity contribution in [2.24, 2.45) is 5.92 Å². The van der Waals surface area contributed by atoms with Gasteiger partial charge in [0.2, 0.25) is 5.91 Å². The summed E-state index contributed by atoms with van der Waals surface area (Å²) < 4.78 is 5.44. The maximum atomic E-state index is 12.8. The van der Waals surface area contributed by atoms with Crippen LogP contribution in [0.1, 0.15) is 47.8 Å². The smallest absolute Gasteiger partial charge is 0.257 e. The van der Waals surface area contributed by atoms with E-state index in [2.05, 4.69) is 51.5 Å². The van der Waals surface area contributed by atoms with Crippen molar-refractivity contribution in [1.82, 2.24) is 20.4 Å². The van der Waals surface area contributed by atoms with Crippen molar-refractivity contribution in [3.8, 4) is 11.5 Å². The van der Waals surface area contributed by atoms with Crippen molar-refractivity contribution in [2.45, 2.75) is 45.2 Å². The maximum absolute atomic E-state index is 12.8. The second-order valence-corrected chi connectivity index (χ2v) is 8.73. The second kappa shape index (κ2) is 8.63. The lowest BCUT2D eigenvalue weighted by atomic mass is 9.95. The molecule has 0 radical (unpaired) electrons. The van der Waals surface area contributed by atoms with Gasteiger partial charge in [-0.15, -0.1) is 0 Å². The first-order valence-corrected chi connectivity index (χ1v) is 11.2. The predicted molar refractivity (Wildman–Crippen MR) is 118 cm³/mol. The first-order valence-electron chi connectivity index (χ1n) is 11.2. The molecule has 0 spiro atoms. The average molecular weight is 417 g/mol. The number of fused-ring (bicyclic) bond motifs is 1. The van der Waals surface area contributed by atoms with Crippen molar-refractivity contribution in [2.75, 3.05) is 13.1 Å². The number of amides is 1. The first kappa shape index (κ1) is 19.9. The van der Waals surface area contributed by atoms with Crippen LogP contribution >= 0.6 is 0 Å². The molecule has 0 unspecified atom stereocenters. The Morgan fingerprint density at radius 3 is 2.68 bits per heavy atom. The van der Waals surface area contributed by atoms with Crippen molar-refractivity contribution >= 4 is 5.91 Å². The number of likely N-dealkylation sites (tertiary alicyclic amines) is 1. The van der Waals surface area contributed by atoms with Crippen LogP contribution in [0.5, 0.6) is 0 Å². The Bertz CT molecular complexity index is 1050. The van der Waals surface area contributed by atoms with Gasteiger partial charge in [0.25, 0.3) is 5.89 Å². The van der Waals surface area contributed by atoms with Gasteiger partial charge in [-0.3, -0.25) is 9.69 Å². The molecule has 1 aliphatic carbocycles. The number of hydrogen-bond acceptors (Lipinski definition) is 5. The molecule has 2 aromatic carbocycles. The summed E-state index contributed by atoms with van der Waals surface area (Å²) in [7, 11) is 0. The molecule has 3 aromatic rings. The first-order chi connectivity index (χ1) is 15.2. The van der Waals surface area contributed by atoms with Gasteiger partial charge in [-0.25, -0.2) is 0 Å². The number of aromatic nitrogens is 2. The van der Waals surface area contributed by atoms with Gasteiger partial charge in [0.1, 0.15) is 0 Å². The molecule has 1 N–H and O–H groups in total. The van der Waals surface area contributed by atoms with Crippen molar-refractivity contribution in [3.63, 3.8) is 0 Å². The highest BCUT2D eigenvalue weighted by molar-refractivity contribution is 5.79. The lowest BCUT2D eigenvalue weighted by Gasteiger charge is -2.31. The maximum Gasteiger partial charge on any atom is 0.257 e. The molecule has 2 aliphatic rings. The number of benzene rings is 2. The Balaban J connectivity index is 1.12. The molecule has 31 heavy (non-hydrogen) atoms. The molecule has 5 rings (SSSR count). The fourth-order valence-electron chi connectivity index (χ4n) is 4.68. The molecule has 1 amide bonds. The van der Waals surface area contributed by atoms with Crippen molar-refractivity contribution in [3.05, 3.63) is 71.0 Å². The number of aryl methyl sites for hydroxylation is 2. The number of piperidine rings is 1. The Kier molecular flexibility index (Phi) is 5.55. The van der Waals surface area contributed by atoms with E-state index in [-0.39, 0.29) is 17.9 Å². The highest BCUT2D eigenvalue weighted by Gasteiger charge is 2.29. The third-order valence-electron chi connectivity index (χ3n) is 6.54. The Labute approximate surface area is 182 Å². The second-order valence-electron chi connectivity index (χ2n) is 8.73. The van der Waals surface area contributed by atoms with E-state index in [1.165, 1.54) is 16.7 Å². The summed E-state index contributed by atoms with van der Waals surface area (Å²) in [6.45, 7) is 4.45. The quantitative estimate of drug-likeness (QED) is 0.679. The molecule has 160 valence electrons. The molecule has 1 aromatic heterocycles. The van der Waals surface area contributed by atoms with Crippen LogP contribution in [0, 0.1) is 12.8 Å². The SMILES string of the molecule is Cc1ccc(-c2nc(CN3CCC(C(=O)N[C@H]4CCc5ccccc54)CC3)no2)cc1. The average Bonchev–Trinajstić information content (AvgIpc) is 3.42. The van der Waals surface area contributed by atoms with Gasteiger partial charge in [-0.2, -0.15) is 4.98 Å². The van der Waals surface area contributed by atoms with Crippen LogP contribution < -0.4 is 5.32 Å². The molecular weight excluding hydrogens is 388 g/mol. The van der Waals surface area contributed by atoms with E-state index in [4.69, 9.17) is 4.52 Å². The van der Waals surface area contributed by atoms with Crippen LogP contribution in [-0.2, 0) is 17.8 Å². The molecule has 1 aliphatic heterocycles. The monoisotopic (exact) mass is 416 g/mol. The minimum atomic E-state index is 0.0809. The van der Waals surface area contributed by atoms with E-state index >= 15 is 0 Å². The zero-order valence-electron chi connectivity index (χ0n) is 17.9. The molecule has 6 heteroatoms. The Morgan fingerprint density at radius 2 is 1.87 bits per heavy atom. The van der Waals surface area contributed by atoms with Gasteiger partial charge >= 0.3 is 0 Å². The number of hydrogen-bond donors (Lipinski definition) is 1. The summed E-state index contributed by atoms with van der Waals surface area (Å²) in [6, 6.07) is 16.7. The topological polar surface area (TPSA) is 71.3 Å². The van der Waals surface area contributed by atoms with E-state index < -0.39 is 0 Å². The van der Waals surface area contributed by atoms with Crippen LogP contribution in [-0.4, -0.2) is 34.0 Å². The minimum Gasteiger partial charge on any atom is -0.349 e. The normalized spacial score (nSPS) is 19.3. The van der Waals surface area contributed by atoms with Crippen LogP contribution in [0.25, 0.3) is 11.5 Å². The molecule has 0 bridgehead atoms. The van der Waals surface area contributed by atoms with E-state index in [9.17, 15) is 4.79 Å². The minimum absolute atomic E-state index is 0.0809. The highest BCUT2D eigenvalue weighted by Crippen LogP contribution is 2.31. The largest absolute Gasteiger partial charge is 0.349 e. The summed E-state index contributed by atoms with van der Waals surface area (Å²) in [5, 5.41) is 7.44. The Morgan fingerprint density at radius 1 is 1.10 bits per heavy atom. The molecule has 1 saturated heterocycles. The fourth-order valence-corrected chi connectivity index (χ4v) is 4.68. The predicted octanol–water partition coefficient (Wildman–Crippen LogP) is 4.06. The van der Waals surface area contributed by atoms with E-state index in [0.29, 0.717) is 18.3 Å². The van der Waals surface area contributed by atoms with Gasteiger partial charge in [-0.1, -0.05) is 47.1 Å². The molecule has 1 atom stereocenters. The zero-order chi connectivity index (χ0) is 21.2. The number of carbonyl (C=O) groups excluding carboxylic acids is 1. The number of nitrogens with zero attached hydrogens (tertiary/aromatic N) is 3. The fraction of sp³-hybridized carbons (Fsp3) is 0.400. The highest BCUT2D eigenvalue weighted by atomic mass is 16.5. The van der Waals surface area contributed by atoms with Crippen LogP contribution in [0.2, 0.25) is 0 Å². The van der Waals surface area contributed by atoms with E-state index in [0.717, 1.165) is 44.3 Å². The number of nitrogens with one attached hydrogen (secondary N) is 1. The van der Waals surface area contributed by atoms with Gasteiger partial charge in [-0.05, 0) is 69.0 Å². The lowest BCUT2D eigenvalue weighted by Crippen LogP contribution is -2.41. The molecule has 2 heterocycles. The van der Waals surface area contributed by atoms with Crippen LogP contribution in [0.4, 0.5) is 0 Å². The summed E-state index contributed by atoms with van der Waals surface area (Å²) in [5.41, 5.74) is 4.79. The molecular formula is C25H28N4O2. The molecule has 1 fully saturated rings. The summed E-state index contributed by atoms with van der Waals surface area (Å²) in [4.78, 5) is 19.7. The van der Waals surface area contributed by atoms with Crippen LogP contribution in [0.15, 0.2) is 53.1 Å². The zero-order valence-corrected chi connectivity index (χ0v) is 17.9. The summed E-state index contributed by atoms with van der Waals surface area (Å²) in [6.07, 6.45) is 3.78. The summed E-state index contributed by atoms with van der Waals surface area (Å²) in [5.74, 6) is 1.53. The lowest BCUT2D eigenvalue weighted by molar-refractivity contribution is -0.127. The van der Waals surface area contributed by atoms with Gasteiger partial charge in [0.15, 0.2) is 5.82 Å².